The highest BCUT2D eigenvalue weighted by Gasteiger charge is 2.35. The summed E-state index contributed by atoms with van der Waals surface area (Å²) in [6, 6.07) is 14.5. The number of aromatic carboxylic acids is 1. The standard InChI is InChI=1S/C25H26N4O5/c1-34-19-11-9-18(10-12-19)29-23-20(22(26-29)25(32)33)13-15-28(24(23)31)17-7-5-16(6-8-17)27-14-3-2-4-21(27)30/h5-12,21,30H,2-4,13-15H2,1H3,(H,32,33). The normalized spacial score (nSPS) is 18.1. The van der Waals surface area contributed by atoms with Gasteiger partial charge in [0, 0.05) is 30.0 Å². The average molecular weight is 463 g/mol. The monoisotopic (exact) mass is 462 g/mol. The largest absolute Gasteiger partial charge is 0.497 e. The van der Waals surface area contributed by atoms with E-state index < -0.39 is 12.2 Å². The zero-order valence-electron chi connectivity index (χ0n) is 18.8. The number of methoxy groups -OCH3 is 1. The fourth-order valence-corrected chi connectivity index (χ4v) is 4.73. The van der Waals surface area contributed by atoms with Crippen LogP contribution in [0.1, 0.15) is 45.8 Å². The molecule has 1 saturated heterocycles. The lowest BCUT2D eigenvalue weighted by Crippen LogP contribution is -2.40. The van der Waals surface area contributed by atoms with Crippen LogP contribution >= 0.6 is 0 Å². The van der Waals surface area contributed by atoms with Crippen LogP contribution in [-0.2, 0) is 6.42 Å². The Labute approximate surface area is 196 Å². The first-order valence-electron chi connectivity index (χ1n) is 11.3. The van der Waals surface area contributed by atoms with Gasteiger partial charge in [-0.15, -0.1) is 0 Å². The van der Waals surface area contributed by atoms with Gasteiger partial charge in [0.05, 0.1) is 12.8 Å². The van der Waals surface area contributed by atoms with E-state index in [1.165, 1.54) is 4.68 Å². The maximum absolute atomic E-state index is 13.6. The highest BCUT2D eigenvalue weighted by molar-refractivity contribution is 6.09. The van der Waals surface area contributed by atoms with Crippen LogP contribution in [0.3, 0.4) is 0 Å². The number of carbonyl (C=O) groups is 2. The minimum Gasteiger partial charge on any atom is -0.497 e. The number of aliphatic hydroxyl groups is 1. The smallest absolute Gasteiger partial charge is 0.356 e. The molecular formula is C25H26N4O5. The zero-order chi connectivity index (χ0) is 23.8. The highest BCUT2D eigenvalue weighted by atomic mass is 16.5. The molecule has 9 nitrogen and oxygen atoms in total. The van der Waals surface area contributed by atoms with E-state index in [0.717, 1.165) is 31.5 Å². The number of carboxylic acids is 1. The first kappa shape index (κ1) is 22.0. The van der Waals surface area contributed by atoms with Crippen LogP contribution in [0.4, 0.5) is 11.4 Å². The molecule has 0 radical (unpaired) electrons. The molecule has 2 aromatic carbocycles. The molecule has 34 heavy (non-hydrogen) atoms. The number of aliphatic hydroxyl groups excluding tert-OH is 1. The molecule has 0 spiro atoms. The first-order valence-corrected chi connectivity index (χ1v) is 11.3. The molecule has 2 N–H and O–H groups in total. The van der Waals surface area contributed by atoms with Crippen molar-refractivity contribution in [1.29, 1.82) is 0 Å². The molecule has 176 valence electrons. The molecule has 2 aliphatic rings. The molecular weight excluding hydrogens is 436 g/mol. The number of aromatic nitrogens is 2. The summed E-state index contributed by atoms with van der Waals surface area (Å²) in [5.41, 5.74) is 2.80. The number of fused-ring (bicyclic) bond motifs is 1. The van der Waals surface area contributed by atoms with Crippen molar-refractivity contribution in [3.05, 3.63) is 65.5 Å². The van der Waals surface area contributed by atoms with Crippen molar-refractivity contribution in [3.8, 4) is 11.4 Å². The summed E-state index contributed by atoms with van der Waals surface area (Å²) in [6.07, 6.45) is 2.68. The molecule has 0 saturated carbocycles. The second-order valence-electron chi connectivity index (χ2n) is 8.48. The van der Waals surface area contributed by atoms with Crippen molar-refractivity contribution < 1.29 is 24.5 Å². The van der Waals surface area contributed by atoms with Crippen molar-refractivity contribution >= 4 is 23.3 Å². The molecule has 0 bridgehead atoms. The van der Waals surface area contributed by atoms with E-state index in [4.69, 9.17) is 4.74 Å². The quantitative estimate of drug-likeness (QED) is 0.600. The number of rotatable bonds is 5. The molecule has 1 amide bonds. The molecule has 3 aromatic rings. The van der Waals surface area contributed by atoms with Crippen LogP contribution in [-0.4, -0.2) is 58.3 Å². The number of amides is 1. The van der Waals surface area contributed by atoms with E-state index in [2.05, 4.69) is 5.10 Å². The van der Waals surface area contributed by atoms with Gasteiger partial charge in [0.1, 0.15) is 17.7 Å². The maximum Gasteiger partial charge on any atom is 0.356 e. The maximum atomic E-state index is 13.6. The van der Waals surface area contributed by atoms with Crippen LogP contribution in [0, 0.1) is 0 Å². The molecule has 1 aromatic heterocycles. The number of anilines is 2. The van der Waals surface area contributed by atoms with Gasteiger partial charge in [0.15, 0.2) is 5.69 Å². The van der Waals surface area contributed by atoms with E-state index in [1.54, 1.807) is 36.3 Å². The van der Waals surface area contributed by atoms with Crippen molar-refractivity contribution in [2.45, 2.75) is 31.9 Å². The van der Waals surface area contributed by atoms with E-state index >= 15 is 0 Å². The average Bonchev–Trinajstić information content (AvgIpc) is 3.26. The predicted molar refractivity (Wildman–Crippen MR) is 126 cm³/mol. The predicted octanol–water partition coefficient (Wildman–Crippen LogP) is 3.09. The van der Waals surface area contributed by atoms with Crippen molar-refractivity contribution in [2.75, 3.05) is 30.0 Å². The number of hydrogen-bond acceptors (Lipinski definition) is 6. The number of nitrogens with zero attached hydrogens (tertiary/aromatic N) is 4. The summed E-state index contributed by atoms with van der Waals surface area (Å²) in [5, 5.41) is 24.3. The van der Waals surface area contributed by atoms with Gasteiger partial charge in [-0.1, -0.05) is 0 Å². The Kier molecular flexibility index (Phi) is 5.70. The van der Waals surface area contributed by atoms with Gasteiger partial charge < -0.3 is 24.7 Å². The van der Waals surface area contributed by atoms with E-state index in [9.17, 15) is 19.8 Å². The summed E-state index contributed by atoms with van der Waals surface area (Å²) < 4.78 is 6.61. The third kappa shape index (κ3) is 3.77. The number of carbonyl (C=O) groups excluding carboxylic acids is 1. The first-order chi connectivity index (χ1) is 16.5. The van der Waals surface area contributed by atoms with Gasteiger partial charge in [-0.2, -0.15) is 5.10 Å². The Morgan fingerprint density at radius 3 is 2.32 bits per heavy atom. The zero-order valence-corrected chi connectivity index (χ0v) is 18.8. The number of benzene rings is 2. The lowest BCUT2D eigenvalue weighted by Gasteiger charge is -2.34. The van der Waals surface area contributed by atoms with Crippen LogP contribution in [0.2, 0.25) is 0 Å². The lowest BCUT2D eigenvalue weighted by atomic mass is 10.0. The Hall–Kier alpha value is -3.85. The van der Waals surface area contributed by atoms with Crippen LogP contribution in [0.15, 0.2) is 48.5 Å². The molecule has 5 rings (SSSR count). The molecule has 2 aliphatic heterocycles. The van der Waals surface area contributed by atoms with Crippen LogP contribution in [0.25, 0.3) is 5.69 Å². The second-order valence-corrected chi connectivity index (χ2v) is 8.48. The van der Waals surface area contributed by atoms with Gasteiger partial charge in [0.2, 0.25) is 0 Å². The van der Waals surface area contributed by atoms with Gasteiger partial charge in [-0.05, 0) is 74.2 Å². The Balaban J connectivity index is 1.48. The van der Waals surface area contributed by atoms with E-state index in [1.807, 2.05) is 29.2 Å². The number of ether oxygens (including phenoxy) is 1. The number of carboxylic acid groups (broad SMARTS) is 1. The van der Waals surface area contributed by atoms with Gasteiger partial charge in [-0.25, -0.2) is 9.48 Å². The minimum atomic E-state index is -1.16. The fourth-order valence-electron chi connectivity index (χ4n) is 4.73. The summed E-state index contributed by atoms with van der Waals surface area (Å²) in [6.45, 7) is 1.15. The Morgan fingerprint density at radius 1 is 1.00 bits per heavy atom. The van der Waals surface area contributed by atoms with Gasteiger partial charge in [-0.3, -0.25) is 4.79 Å². The minimum absolute atomic E-state index is 0.103. The summed E-state index contributed by atoms with van der Waals surface area (Å²) in [5.74, 6) is -0.813. The summed E-state index contributed by atoms with van der Waals surface area (Å²) in [4.78, 5) is 29.1. The third-order valence-electron chi connectivity index (χ3n) is 6.50. The van der Waals surface area contributed by atoms with Crippen molar-refractivity contribution in [2.24, 2.45) is 0 Å². The molecule has 1 atom stereocenters. The fraction of sp³-hybridized carbons (Fsp3) is 0.320. The second kappa shape index (κ2) is 8.83. The Morgan fingerprint density at radius 2 is 1.68 bits per heavy atom. The van der Waals surface area contributed by atoms with Crippen LogP contribution in [0.5, 0.6) is 5.75 Å². The van der Waals surface area contributed by atoms with E-state index in [-0.39, 0.29) is 17.3 Å². The third-order valence-corrected chi connectivity index (χ3v) is 6.50. The van der Waals surface area contributed by atoms with Crippen molar-refractivity contribution in [1.82, 2.24) is 9.78 Å². The molecule has 9 heteroatoms. The molecule has 1 fully saturated rings. The SMILES string of the molecule is COc1ccc(-n2nc(C(=O)O)c3c2C(=O)N(c2ccc(N4CCCCC4O)cc2)CC3)cc1. The topological polar surface area (TPSA) is 108 Å². The molecule has 1 unspecified atom stereocenters. The lowest BCUT2D eigenvalue weighted by molar-refractivity contribution is 0.0688. The molecule has 3 heterocycles. The Bertz CT molecular complexity index is 1220. The van der Waals surface area contributed by atoms with Gasteiger partial charge >= 0.3 is 5.97 Å². The molecule has 0 aliphatic carbocycles. The number of hydrogen-bond donors (Lipinski definition) is 2. The van der Waals surface area contributed by atoms with E-state index in [0.29, 0.717) is 35.7 Å². The van der Waals surface area contributed by atoms with Crippen molar-refractivity contribution in [3.63, 3.8) is 0 Å². The number of piperidine rings is 1. The highest BCUT2D eigenvalue weighted by Crippen LogP contribution is 2.31. The van der Waals surface area contributed by atoms with Crippen LogP contribution < -0.4 is 14.5 Å². The summed E-state index contributed by atoms with van der Waals surface area (Å²) >= 11 is 0. The summed E-state index contributed by atoms with van der Waals surface area (Å²) in [7, 11) is 1.56. The van der Waals surface area contributed by atoms with Gasteiger partial charge in [0.25, 0.3) is 5.91 Å².